The number of aryl methyl sites for hydroxylation is 1. The number of carbonyl (C=O) groups is 1. The largest absolute Gasteiger partial charge is 0.319 e. The van der Waals surface area contributed by atoms with Gasteiger partial charge in [-0.3, -0.25) is 9.89 Å². The highest BCUT2D eigenvalue weighted by Crippen LogP contribution is 2.13. The number of carbonyl (C=O) groups excluding carboxylic acids is 1. The second-order valence-electron chi connectivity index (χ2n) is 3.82. The first-order valence-electron chi connectivity index (χ1n) is 5.67. The van der Waals surface area contributed by atoms with Crippen molar-refractivity contribution in [1.29, 1.82) is 0 Å². The number of anilines is 1. The second-order valence-corrected chi connectivity index (χ2v) is 4.25. The molecule has 0 radical (unpaired) electrons. The Morgan fingerprint density at radius 3 is 2.78 bits per heavy atom. The van der Waals surface area contributed by atoms with E-state index in [1.807, 2.05) is 6.92 Å². The Bertz CT molecular complexity index is 535. The number of nitrogens with zero attached hydrogens (tertiary/aromatic N) is 2. The zero-order valence-corrected chi connectivity index (χ0v) is 10.7. The maximum atomic E-state index is 11.8. The summed E-state index contributed by atoms with van der Waals surface area (Å²) >= 11 is 5.76. The zero-order valence-electron chi connectivity index (χ0n) is 9.90. The van der Waals surface area contributed by atoms with Crippen molar-refractivity contribution >= 4 is 23.2 Å². The van der Waals surface area contributed by atoms with Gasteiger partial charge in [0.05, 0.1) is 0 Å². The molecule has 94 valence electrons. The lowest BCUT2D eigenvalue weighted by atomic mass is 10.3. The summed E-state index contributed by atoms with van der Waals surface area (Å²) in [4.78, 5) is 15.9. The molecule has 0 bridgehead atoms. The predicted octanol–water partition coefficient (Wildman–Crippen LogP) is 2.66. The van der Waals surface area contributed by atoms with Crippen LogP contribution >= 0.6 is 11.6 Å². The van der Waals surface area contributed by atoms with Crippen LogP contribution in [0.25, 0.3) is 0 Å². The first-order chi connectivity index (χ1) is 8.69. The summed E-state index contributed by atoms with van der Waals surface area (Å²) in [6.45, 7) is 2.04. The summed E-state index contributed by atoms with van der Waals surface area (Å²) in [6, 6.07) is 6.86. The minimum absolute atomic E-state index is 0.147. The lowest BCUT2D eigenvalue weighted by Gasteiger charge is -2.01. The number of nitrogens with one attached hydrogen (secondary N) is 2. The van der Waals surface area contributed by atoms with Crippen LogP contribution in [0.2, 0.25) is 5.02 Å². The molecule has 0 fully saturated rings. The fraction of sp³-hybridized carbons (Fsp3) is 0.250. The van der Waals surface area contributed by atoms with E-state index in [-0.39, 0.29) is 11.7 Å². The zero-order chi connectivity index (χ0) is 13.0. The molecule has 0 spiro atoms. The van der Waals surface area contributed by atoms with Gasteiger partial charge in [0.2, 0.25) is 5.82 Å². The van der Waals surface area contributed by atoms with Gasteiger partial charge in [-0.05, 0) is 30.7 Å². The van der Waals surface area contributed by atoms with Crippen molar-refractivity contribution in [2.75, 3.05) is 5.32 Å². The minimum Gasteiger partial charge on any atom is -0.319 e. The lowest BCUT2D eigenvalue weighted by Crippen LogP contribution is -2.13. The standard InChI is InChI=1S/C12H13ClN4O/c1-2-3-10-15-11(17-16-10)12(18)14-9-6-4-8(13)5-7-9/h4-7H,2-3H2,1H3,(H,14,18)(H,15,16,17). The number of H-pyrrole nitrogens is 1. The summed E-state index contributed by atoms with van der Waals surface area (Å²) in [7, 11) is 0. The third kappa shape index (κ3) is 3.07. The monoisotopic (exact) mass is 264 g/mol. The van der Waals surface area contributed by atoms with E-state index in [1.165, 1.54) is 0 Å². The van der Waals surface area contributed by atoms with Crippen molar-refractivity contribution in [3.05, 3.63) is 40.9 Å². The Labute approximate surface area is 110 Å². The molecule has 1 aromatic heterocycles. The first-order valence-corrected chi connectivity index (χ1v) is 6.05. The molecule has 0 saturated carbocycles. The van der Waals surface area contributed by atoms with Crippen LogP contribution in [-0.4, -0.2) is 21.1 Å². The summed E-state index contributed by atoms with van der Waals surface area (Å²) in [5, 5.41) is 9.93. The van der Waals surface area contributed by atoms with Crippen LogP contribution < -0.4 is 5.32 Å². The third-order valence-corrected chi connectivity index (χ3v) is 2.58. The molecule has 1 aromatic carbocycles. The fourth-order valence-electron chi connectivity index (χ4n) is 1.47. The molecule has 1 heterocycles. The van der Waals surface area contributed by atoms with Gasteiger partial charge in [0.25, 0.3) is 5.91 Å². The normalized spacial score (nSPS) is 10.3. The first kappa shape index (κ1) is 12.6. The van der Waals surface area contributed by atoms with E-state index in [4.69, 9.17) is 11.6 Å². The summed E-state index contributed by atoms with van der Waals surface area (Å²) < 4.78 is 0. The number of amides is 1. The average molecular weight is 265 g/mol. The number of hydrogen-bond donors (Lipinski definition) is 2. The van der Waals surface area contributed by atoms with Crippen molar-refractivity contribution in [3.63, 3.8) is 0 Å². The second kappa shape index (κ2) is 5.64. The van der Waals surface area contributed by atoms with Gasteiger partial charge >= 0.3 is 0 Å². The Morgan fingerprint density at radius 2 is 2.11 bits per heavy atom. The molecule has 2 rings (SSSR count). The van der Waals surface area contributed by atoms with Crippen molar-refractivity contribution in [1.82, 2.24) is 15.2 Å². The number of rotatable bonds is 4. The van der Waals surface area contributed by atoms with Gasteiger partial charge in [-0.2, -0.15) is 0 Å². The summed E-state index contributed by atoms with van der Waals surface area (Å²) in [6.07, 6.45) is 1.73. The van der Waals surface area contributed by atoms with Crippen molar-refractivity contribution < 1.29 is 4.79 Å². The lowest BCUT2D eigenvalue weighted by molar-refractivity contribution is 0.101. The number of aromatic amines is 1. The van der Waals surface area contributed by atoms with Gasteiger partial charge < -0.3 is 5.32 Å². The number of halogens is 1. The van der Waals surface area contributed by atoms with E-state index in [0.29, 0.717) is 10.7 Å². The summed E-state index contributed by atoms with van der Waals surface area (Å²) in [5.74, 6) is 0.531. The average Bonchev–Trinajstić information content (AvgIpc) is 2.81. The van der Waals surface area contributed by atoms with Crippen LogP contribution in [-0.2, 0) is 6.42 Å². The summed E-state index contributed by atoms with van der Waals surface area (Å²) in [5.41, 5.74) is 0.659. The molecular weight excluding hydrogens is 252 g/mol. The highest BCUT2D eigenvalue weighted by atomic mass is 35.5. The molecule has 0 saturated heterocycles. The van der Waals surface area contributed by atoms with Gasteiger partial charge in [-0.25, -0.2) is 4.98 Å². The quantitative estimate of drug-likeness (QED) is 0.892. The van der Waals surface area contributed by atoms with Crippen LogP contribution in [0, 0.1) is 0 Å². The van der Waals surface area contributed by atoms with Crippen molar-refractivity contribution in [2.24, 2.45) is 0 Å². The van der Waals surface area contributed by atoms with Gasteiger partial charge in [-0.15, -0.1) is 5.10 Å². The van der Waals surface area contributed by atoms with E-state index in [2.05, 4.69) is 20.5 Å². The van der Waals surface area contributed by atoms with E-state index in [1.54, 1.807) is 24.3 Å². The number of aromatic nitrogens is 3. The van der Waals surface area contributed by atoms with E-state index in [9.17, 15) is 4.79 Å². The van der Waals surface area contributed by atoms with Gasteiger partial charge in [-0.1, -0.05) is 18.5 Å². The Kier molecular flexibility index (Phi) is 3.94. The molecule has 18 heavy (non-hydrogen) atoms. The van der Waals surface area contributed by atoms with Crippen LogP contribution in [0.4, 0.5) is 5.69 Å². The Morgan fingerprint density at radius 1 is 1.39 bits per heavy atom. The molecule has 0 aliphatic rings. The molecule has 0 aliphatic heterocycles. The molecule has 5 nitrogen and oxygen atoms in total. The van der Waals surface area contributed by atoms with Crippen LogP contribution in [0.5, 0.6) is 0 Å². The molecule has 2 N–H and O–H groups in total. The maximum absolute atomic E-state index is 11.8. The predicted molar refractivity (Wildman–Crippen MR) is 69.8 cm³/mol. The van der Waals surface area contributed by atoms with Crippen LogP contribution in [0.15, 0.2) is 24.3 Å². The molecule has 6 heteroatoms. The maximum Gasteiger partial charge on any atom is 0.295 e. The van der Waals surface area contributed by atoms with Crippen LogP contribution in [0.1, 0.15) is 29.8 Å². The molecular formula is C12H13ClN4O. The van der Waals surface area contributed by atoms with E-state index < -0.39 is 0 Å². The highest BCUT2D eigenvalue weighted by Gasteiger charge is 2.12. The highest BCUT2D eigenvalue weighted by molar-refractivity contribution is 6.30. The topological polar surface area (TPSA) is 70.7 Å². The molecule has 2 aromatic rings. The van der Waals surface area contributed by atoms with Crippen molar-refractivity contribution in [3.8, 4) is 0 Å². The third-order valence-electron chi connectivity index (χ3n) is 2.32. The SMILES string of the molecule is CCCc1nc(C(=O)Nc2ccc(Cl)cc2)n[nH]1. The van der Waals surface area contributed by atoms with Gasteiger partial charge in [0.1, 0.15) is 5.82 Å². The molecule has 0 unspecified atom stereocenters. The van der Waals surface area contributed by atoms with Gasteiger partial charge in [0, 0.05) is 17.1 Å². The number of benzene rings is 1. The number of hydrogen-bond acceptors (Lipinski definition) is 3. The Balaban J connectivity index is 2.04. The fourth-order valence-corrected chi connectivity index (χ4v) is 1.59. The van der Waals surface area contributed by atoms with Crippen LogP contribution in [0.3, 0.4) is 0 Å². The Hall–Kier alpha value is -1.88. The molecule has 1 amide bonds. The van der Waals surface area contributed by atoms with Gasteiger partial charge in [0.15, 0.2) is 0 Å². The van der Waals surface area contributed by atoms with E-state index >= 15 is 0 Å². The molecule has 0 aliphatic carbocycles. The van der Waals surface area contributed by atoms with E-state index in [0.717, 1.165) is 18.7 Å². The smallest absolute Gasteiger partial charge is 0.295 e. The molecule has 0 atom stereocenters. The minimum atomic E-state index is -0.337. The van der Waals surface area contributed by atoms with Crippen molar-refractivity contribution in [2.45, 2.75) is 19.8 Å².